The number of aliphatic hydroxyl groups is 1. The van der Waals surface area contributed by atoms with Crippen molar-refractivity contribution in [2.24, 2.45) is 0 Å². The molecule has 2 aromatic carbocycles. The van der Waals surface area contributed by atoms with Gasteiger partial charge in [0.05, 0.1) is 11.6 Å². The van der Waals surface area contributed by atoms with Gasteiger partial charge in [0, 0.05) is 12.1 Å². The summed E-state index contributed by atoms with van der Waals surface area (Å²) >= 11 is 0. The topological polar surface area (TPSA) is 78.9 Å². The van der Waals surface area contributed by atoms with Crippen molar-refractivity contribution in [1.82, 2.24) is 5.32 Å². The molecule has 31 heavy (non-hydrogen) atoms. The van der Waals surface area contributed by atoms with Gasteiger partial charge >= 0.3 is 6.09 Å². The van der Waals surface area contributed by atoms with Crippen molar-refractivity contribution in [3.05, 3.63) is 65.2 Å². The summed E-state index contributed by atoms with van der Waals surface area (Å²) in [4.78, 5) is 27.7. The Bertz CT molecular complexity index is 992. The Balaban J connectivity index is 1.70. The number of rotatable bonds is 4. The number of benzene rings is 2. The molecule has 1 saturated carbocycles. The van der Waals surface area contributed by atoms with Crippen LogP contribution in [0.4, 0.5) is 10.5 Å². The lowest BCUT2D eigenvalue weighted by molar-refractivity contribution is -0.121. The number of hydrogen-bond acceptors (Lipinski definition) is 4. The molecule has 164 valence electrons. The number of ether oxygens (including phenoxy) is 1. The van der Waals surface area contributed by atoms with E-state index in [2.05, 4.69) is 5.32 Å². The van der Waals surface area contributed by atoms with Crippen molar-refractivity contribution < 1.29 is 19.4 Å². The molecule has 1 aliphatic carbocycles. The molecule has 1 heterocycles. The van der Waals surface area contributed by atoms with Gasteiger partial charge in [0.2, 0.25) is 0 Å². The summed E-state index contributed by atoms with van der Waals surface area (Å²) in [6.07, 6.45) is 1.24. The molecular formula is C25H30N2O4. The Morgan fingerprint density at radius 2 is 1.87 bits per heavy atom. The molecule has 2 aromatic rings. The van der Waals surface area contributed by atoms with Crippen molar-refractivity contribution in [2.45, 2.75) is 70.2 Å². The van der Waals surface area contributed by atoms with Gasteiger partial charge in [-0.25, -0.2) is 4.79 Å². The Hall–Kier alpha value is -2.86. The number of amides is 2. The van der Waals surface area contributed by atoms with Crippen LogP contribution in [0.3, 0.4) is 0 Å². The van der Waals surface area contributed by atoms with Crippen LogP contribution in [0, 0.1) is 0 Å². The SMILES string of the molecule is C[C@@H](c1ccccc1)N1C(=O)[C@H](NC(=O)OC(C)(C)C)Cc2ccc(C3(O)CC3)cc21. The summed E-state index contributed by atoms with van der Waals surface area (Å²) in [5.74, 6) is -0.186. The molecule has 2 N–H and O–H groups in total. The third-order valence-corrected chi connectivity index (χ3v) is 5.93. The summed E-state index contributed by atoms with van der Waals surface area (Å²) < 4.78 is 5.38. The van der Waals surface area contributed by atoms with E-state index in [4.69, 9.17) is 4.74 Å². The summed E-state index contributed by atoms with van der Waals surface area (Å²) in [6, 6.07) is 14.7. The van der Waals surface area contributed by atoms with Crippen LogP contribution in [0.15, 0.2) is 48.5 Å². The van der Waals surface area contributed by atoms with E-state index in [1.54, 1.807) is 25.7 Å². The van der Waals surface area contributed by atoms with Gasteiger partial charge in [-0.3, -0.25) is 4.79 Å². The zero-order valence-electron chi connectivity index (χ0n) is 18.5. The van der Waals surface area contributed by atoms with E-state index in [-0.39, 0.29) is 11.9 Å². The van der Waals surface area contributed by atoms with E-state index in [1.807, 2.05) is 55.5 Å². The molecule has 2 atom stereocenters. The van der Waals surface area contributed by atoms with Crippen molar-refractivity contribution >= 4 is 17.7 Å². The minimum absolute atomic E-state index is 0.186. The highest BCUT2D eigenvalue weighted by Gasteiger charge is 2.44. The molecular weight excluding hydrogens is 392 g/mol. The fourth-order valence-electron chi connectivity index (χ4n) is 4.09. The highest BCUT2D eigenvalue weighted by atomic mass is 16.6. The number of hydrogen-bond donors (Lipinski definition) is 2. The van der Waals surface area contributed by atoms with E-state index >= 15 is 0 Å². The van der Waals surface area contributed by atoms with Crippen molar-refractivity contribution in [3.8, 4) is 0 Å². The minimum Gasteiger partial charge on any atom is -0.444 e. The van der Waals surface area contributed by atoms with E-state index in [0.29, 0.717) is 6.42 Å². The van der Waals surface area contributed by atoms with Crippen molar-refractivity contribution in [2.75, 3.05) is 4.90 Å². The second kappa shape index (κ2) is 7.68. The normalized spacial score (nSPS) is 20.6. The van der Waals surface area contributed by atoms with E-state index in [0.717, 1.165) is 35.2 Å². The summed E-state index contributed by atoms with van der Waals surface area (Å²) in [7, 11) is 0. The molecule has 0 radical (unpaired) electrons. The van der Waals surface area contributed by atoms with Crippen LogP contribution in [-0.4, -0.2) is 28.7 Å². The molecule has 2 aliphatic rings. The van der Waals surface area contributed by atoms with Gasteiger partial charge in [0.15, 0.2) is 0 Å². The van der Waals surface area contributed by atoms with Crippen LogP contribution in [0.2, 0.25) is 0 Å². The van der Waals surface area contributed by atoms with Crippen molar-refractivity contribution in [1.29, 1.82) is 0 Å². The second-order valence-corrected chi connectivity index (χ2v) is 9.57. The third-order valence-electron chi connectivity index (χ3n) is 5.93. The first-order valence-corrected chi connectivity index (χ1v) is 10.8. The Kier molecular flexibility index (Phi) is 5.30. The van der Waals surface area contributed by atoms with E-state index in [9.17, 15) is 14.7 Å². The number of anilines is 1. The van der Waals surface area contributed by atoms with Gasteiger partial charge in [0.1, 0.15) is 11.6 Å². The molecule has 0 saturated heterocycles. The lowest BCUT2D eigenvalue weighted by Crippen LogP contribution is -2.54. The zero-order valence-corrected chi connectivity index (χ0v) is 18.5. The standard InChI is InChI=1S/C25H30N2O4/c1-16(17-8-6-5-7-9-17)27-21-15-19(25(30)12-13-25)11-10-18(21)14-20(22(27)28)26-23(29)31-24(2,3)4/h5-11,15-16,20,30H,12-14H2,1-4H3,(H,26,29)/t16-,20+/m0/s1. The summed E-state index contributed by atoms with van der Waals surface area (Å²) in [5, 5.41) is 13.4. The molecule has 0 aromatic heterocycles. The quantitative estimate of drug-likeness (QED) is 0.774. The maximum atomic E-state index is 13.6. The van der Waals surface area contributed by atoms with Crippen LogP contribution >= 0.6 is 0 Å². The smallest absolute Gasteiger partial charge is 0.408 e. The largest absolute Gasteiger partial charge is 0.444 e. The maximum Gasteiger partial charge on any atom is 0.408 e. The number of fused-ring (bicyclic) bond motifs is 1. The Morgan fingerprint density at radius 3 is 2.48 bits per heavy atom. The predicted molar refractivity (Wildman–Crippen MR) is 119 cm³/mol. The molecule has 1 aliphatic heterocycles. The van der Waals surface area contributed by atoms with E-state index < -0.39 is 23.3 Å². The number of alkyl carbamates (subject to hydrolysis) is 1. The molecule has 4 rings (SSSR count). The van der Waals surface area contributed by atoms with Gasteiger partial charge in [-0.05, 0) is 63.3 Å². The fourth-order valence-corrected chi connectivity index (χ4v) is 4.09. The van der Waals surface area contributed by atoms with Gasteiger partial charge in [-0.2, -0.15) is 0 Å². The first kappa shape index (κ1) is 21.4. The molecule has 6 heteroatoms. The third kappa shape index (κ3) is 4.44. The fraction of sp³-hybridized carbons (Fsp3) is 0.440. The maximum absolute atomic E-state index is 13.6. The molecule has 2 amide bonds. The van der Waals surface area contributed by atoms with Gasteiger partial charge in [-0.15, -0.1) is 0 Å². The number of carbonyl (C=O) groups excluding carboxylic acids is 2. The minimum atomic E-state index is -0.786. The van der Waals surface area contributed by atoms with E-state index in [1.165, 1.54) is 0 Å². The first-order chi connectivity index (χ1) is 14.6. The average molecular weight is 423 g/mol. The van der Waals surface area contributed by atoms with Crippen LogP contribution in [0.5, 0.6) is 0 Å². The molecule has 0 spiro atoms. The Labute approximate surface area is 183 Å². The summed E-state index contributed by atoms with van der Waals surface area (Å²) in [5.41, 5.74) is 2.15. The lowest BCUT2D eigenvalue weighted by Gasteiger charge is -2.39. The second-order valence-electron chi connectivity index (χ2n) is 9.57. The average Bonchev–Trinajstić information content (AvgIpc) is 3.46. The molecule has 0 unspecified atom stereocenters. The van der Waals surface area contributed by atoms with Gasteiger partial charge in [0.25, 0.3) is 5.91 Å². The number of nitrogens with one attached hydrogen (secondary N) is 1. The lowest BCUT2D eigenvalue weighted by atomic mass is 9.91. The zero-order chi connectivity index (χ0) is 22.4. The monoisotopic (exact) mass is 422 g/mol. The summed E-state index contributed by atoms with van der Waals surface area (Å²) in [6.45, 7) is 7.35. The Morgan fingerprint density at radius 1 is 1.19 bits per heavy atom. The predicted octanol–water partition coefficient (Wildman–Crippen LogP) is 4.21. The highest BCUT2D eigenvalue weighted by Crippen LogP contribution is 2.47. The molecule has 6 nitrogen and oxygen atoms in total. The molecule has 0 bridgehead atoms. The van der Waals surface area contributed by atoms with Gasteiger partial charge in [-0.1, -0.05) is 42.5 Å². The van der Waals surface area contributed by atoms with Crippen LogP contribution < -0.4 is 10.2 Å². The van der Waals surface area contributed by atoms with Crippen molar-refractivity contribution in [3.63, 3.8) is 0 Å². The first-order valence-electron chi connectivity index (χ1n) is 10.8. The van der Waals surface area contributed by atoms with Crippen LogP contribution in [-0.2, 0) is 21.6 Å². The number of carbonyl (C=O) groups is 2. The van der Waals surface area contributed by atoms with Gasteiger partial charge < -0.3 is 20.1 Å². The van der Waals surface area contributed by atoms with Crippen LogP contribution in [0.1, 0.15) is 63.3 Å². The van der Waals surface area contributed by atoms with Crippen LogP contribution in [0.25, 0.3) is 0 Å². The number of nitrogens with zero attached hydrogens (tertiary/aromatic N) is 1. The molecule has 1 fully saturated rings. The highest BCUT2D eigenvalue weighted by molar-refractivity contribution is 6.02.